The number of anilines is 1. The fraction of sp³-hybridized carbons (Fsp3) is 0.273. The summed E-state index contributed by atoms with van der Waals surface area (Å²) in [6.07, 6.45) is -0.737. The number of nitrogens with zero attached hydrogens (tertiary/aromatic N) is 4. The summed E-state index contributed by atoms with van der Waals surface area (Å²) in [5.74, 6) is -0.678. The predicted octanol–water partition coefficient (Wildman–Crippen LogP) is 7.00. The van der Waals surface area contributed by atoms with Crippen molar-refractivity contribution in [1.82, 2.24) is 4.90 Å². The first-order chi connectivity index (χ1) is 20.7. The molecule has 0 unspecified atom stereocenters. The van der Waals surface area contributed by atoms with E-state index in [1.165, 1.54) is 9.80 Å². The summed E-state index contributed by atoms with van der Waals surface area (Å²) in [4.78, 5) is 63.2. The van der Waals surface area contributed by atoms with E-state index in [9.17, 15) is 19.2 Å². The normalized spacial score (nSPS) is 11.5. The lowest BCUT2D eigenvalue weighted by Gasteiger charge is -2.15. The van der Waals surface area contributed by atoms with Crippen LogP contribution in [0.5, 0.6) is 0 Å². The number of hydrogen-bond acceptors (Lipinski definition) is 8. The second kappa shape index (κ2) is 15.8. The summed E-state index contributed by atoms with van der Waals surface area (Å²) in [5, 5.41) is 7.65. The zero-order valence-corrected chi connectivity index (χ0v) is 25.1. The number of amides is 2. The maximum Gasteiger partial charge on any atom is 0.440 e. The Morgan fingerprint density at radius 2 is 1.02 bits per heavy atom. The van der Waals surface area contributed by atoms with Gasteiger partial charge < -0.3 is 4.90 Å². The van der Waals surface area contributed by atoms with E-state index in [0.29, 0.717) is 36.3 Å². The van der Waals surface area contributed by atoms with Crippen LogP contribution in [0.25, 0.3) is 11.1 Å². The summed E-state index contributed by atoms with van der Waals surface area (Å²) in [7, 11) is 1.56. The Labute approximate surface area is 251 Å². The average molecular weight is 585 g/mol. The van der Waals surface area contributed by atoms with E-state index in [2.05, 4.69) is 10.3 Å². The number of para-hydroxylation sites is 1. The Morgan fingerprint density at radius 3 is 1.42 bits per heavy atom. The molecule has 0 fully saturated rings. The van der Waals surface area contributed by atoms with Gasteiger partial charge in [0.2, 0.25) is 11.6 Å². The SMILES string of the molecule is CC/C(=N/OC(=O)N(CC)CC)C(=O)c1ccc(-c2ccc(C(=O)/C(CC)=N\OC(=O)N(C)c3ccccc3)cc2)cc1. The van der Waals surface area contributed by atoms with Gasteiger partial charge in [0, 0.05) is 37.0 Å². The quantitative estimate of drug-likeness (QED) is 0.0979. The van der Waals surface area contributed by atoms with Crippen molar-refractivity contribution in [1.29, 1.82) is 0 Å². The third-order valence-corrected chi connectivity index (χ3v) is 6.73. The molecule has 0 saturated carbocycles. The molecule has 0 aliphatic rings. The van der Waals surface area contributed by atoms with Gasteiger partial charge in [0.1, 0.15) is 11.4 Å². The molecule has 3 aromatic rings. The molecule has 0 aromatic heterocycles. The Balaban J connectivity index is 1.67. The van der Waals surface area contributed by atoms with Crippen molar-refractivity contribution in [2.24, 2.45) is 10.3 Å². The average Bonchev–Trinajstić information content (AvgIpc) is 3.05. The molecule has 0 spiro atoms. The van der Waals surface area contributed by atoms with Gasteiger partial charge in [-0.05, 0) is 49.9 Å². The molecular weight excluding hydrogens is 548 g/mol. The maximum absolute atomic E-state index is 13.0. The van der Waals surface area contributed by atoms with Crippen LogP contribution in [-0.4, -0.2) is 60.2 Å². The van der Waals surface area contributed by atoms with Crippen LogP contribution in [0.3, 0.4) is 0 Å². The van der Waals surface area contributed by atoms with Crippen molar-refractivity contribution in [3.05, 3.63) is 90.0 Å². The van der Waals surface area contributed by atoms with Crippen LogP contribution < -0.4 is 4.90 Å². The number of Topliss-reactive ketones (excluding diaryl/α,β-unsaturated/α-hetero) is 2. The zero-order chi connectivity index (χ0) is 31.4. The maximum atomic E-state index is 13.0. The lowest BCUT2D eigenvalue weighted by molar-refractivity contribution is 0.102. The van der Waals surface area contributed by atoms with E-state index in [4.69, 9.17) is 9.68 Å². The van der Waals surface area contributed by atoms with Crippen molar-refractivity contribution >= 4 is 40.9 Å². The molecule has 0 radical (unpaired) electrons. The smallest absolute Gasteiger partial charge is 0.307 e. The molecule has 0 aliphatic heterocycles. The number of oxime groups is 2. The van der Waals surface area contributed by atoms with Gasteiger partial charge in [-0.3, -0.25) is 24.2 Å². The number of ketones is 2. The van der Waals surface area contributed by atoms with Crippen LogP contribution >= 0.6 is 0 Å². The Kier molecular flexibility index (Phi) is 11.9. The first-order valence-electron chi connectivity index (χ1n) is 14.1. The highest BCUT2D eigenvalue weighted by molar-refractivity contribution is 6.46. The van der Waals surface area contributed by atoms with E-state index in [1.807, 2.05) is 19.9 Å². The lowest BCUT2D eigenvalue weighted by Crippen LogP contribution is -2.30. The van der Waals surface area contributed by atoms with Gasteiger partial charge in [0.05, 0.1) is 0 Å². The molecule has 3 aromatic carbocycles. The largest absolute Gasteiger partial charge is 0.440 e. The Morgan fingerprint density at radius 1 is 0.605 bits per heavy atom. The Bertz CT molecular complexity index is 1480. The zero-order valence-electron chi connectivity index (χ0n) is 25.1. The molecular formula is C33H36N4O6. The molecule has 0 atom stereocenters. The van der Waals surface area contributed by atoms with Crippen LogP contribution in [0.15, 0.2) is 89.2 Å². The predicted molar refractivity (Wildman–Crippen MR) is 167 cm³/mol. The van der Waals surface area contributed by atoms with Gasteiger partial charge in [-0.2, -0.15) is 0 Å². The van der Waals surface area contributed by atoms with Gasteiger partial charge in [-0.25, -0.2) is 9.59 Å². The van der Waals surface area contributed by atoms with Crippen LogP contribution in [0, 0.1) is 0 Å². The van der Waals surface area contributed by atoms with Crippen molar-refractivity contribution in [2.75, 3.05) is 25.0 Å². The number of rotatable bonds is 12. The number of benzene rings is 3. The highest BCUT2D eigenvalue weighted by atomic mass is 16.7. The number of hydrogen-bond donors (Lipinski definition) is 0. The summed E-state index contributed by atoms with van der Waals surface area (Å²) >= 11 is 0. The van der Waals surface area contributed by atoms with E-state index in [0.717, 1.165) is 11.1 Å². The van der Waals surface area contributed by atoms with Crippen molar-refractivity contribution in [3.8, 4) is 11.1 Å². The highest BCUT2D eigenvalue weighted by Gasteiger charge is 2.18. The molecule has 0 bridgehead atoms. The molecule has 3 rings (SSSR count). The summed E-state index contributed by atoms with van der Waals surface area (Å²) in [6.45, 7) is 8.14. The monoisotopic (exact) mass is 584 g/mol. The summed E-state index contributed by atoms with van der Waals surface area (Å²) < 4.78 is 0. The number of carbonyl (C=O) groups is 4. The molecule has 0 N–H and O–H groups in total. The van der Waals surface area contributed by atoms with Gasteiger partial charge in [0.25, 0.3) is 0 Å². The van der Waals surface area contributed by atoms with Crippen LogP contribution in [0.2, 0.25) is 0 Å². The molecule has 10 heteroatoms. The lowest BCUT2D eigenvalue weighted by atomic mass is 9.98. The minimum Gasteiger partial charge on any atom is -0.307 e. The molecule has 0 aliphatic carbocycles. The van der Waals surface area contributed by atoms with Crippen LogP contribution in [0.1, 0.15) is 61.3 Å². The third kappa shape index (κ3) is 8.45. The topological polar surface area (TPSA) is 118 Å². The molecule has 0 saturated heterocycles. The molecule has 43 heavy (non-hydrogen) atoms. The van der Waals surface area contributed by atoms with E-state index < -0.39 is 12.2 Å². The van der Waals surface area contributed by atoms with Crippen LogP contribution in [0.4, 0.5) is 15.3 Å². The minimum atomic E-state index is -0.708. The Hall–Kier alpha value is -5.12. The molecule has 2 amide bonds. The van der Waals surface area contributed by atoms with E-state index >= 15 is 0 Å². The minimum absolute atomic E-state index is 0.113. The summed E-state index contributed by atoms with van der Waals surface area (Å²) in [5.41, 5.74) is 3.36. The summed E-state index contributed by atoms with van der Waals surface area (Å²) in [6, 6.07) is 22.8. The van der Waals surface area contributed by atoms with Crippen LogP contribution in [-0.2, 0) is 9.68 Å². The van der Waals surface area contributed by atoms with Crippen molar-refractivity contribution in [2.45, 2.75) is 40.5 Å². The fourth-order valence-corrected chi connectivity index (χ4v) is 4.04. The second-order valence-corrected chi connectivity index (χ2v) is 9.38. The van der Waals surface area contributed by atoms with Gasteiger partial charge in [-0.1, -0.05) is 90.9 Å². The van der Waals surface area contributed by atoms with Gasteiger partial charge >= 0.3 is 12.2 Å². The second-order valence-electron chi connectivity index (χ2n) is 9.38. The van der Waals surface area contributed by atoms with E-state index in [-0.39, 0.29) is 29.4 Å². The fourth-order valence-electron chi connectivity index (χ4n) is 4.04. The standard InChI is InChI=1S/C33H36N4O6/c1-6-28(34-42-32(40)36(5)27-13-11-10-12-14-27)30(38)25-19-15-23(16-20-25)24-17-21-26(22-18-24)31(39)29(7-2)35-43-33(41)37(8-3)9-4/h10-22H,6-9H2,1-5H3/b34-28-,35-29-. The first-order valence-corrected chi connectivity index (χ1v) is 14.1. The molecule has 0 heterocycles. The first kappa shape index (κ1) is 32.4. The van der Waals surface area contributed by atoms with Gasteiger partial charge in [0.15, 0.2) is 0 Å². The molecule has 10 nitrogen and oxygen atoms in total. The third-order valence-electron chi connectivity index (χ3n) is 6.73. The van der Waals surface area contributed by atoms with Gasteiger partial charge in [-0.15, -0.1) is 0 Å². The van der Waals surface area contributed by atoms with Crippen molar-refractivity contribution in [3.63, 3.8) is 0 Å². The van der Waals surface area contributed by atoms with E-state index in [1.54, 1.807) is 93.7 Å². The van der Waals surface area contributed by atoms with Crippen molar-refractivity contribution < 1.29 is 28.9 Å². The highest BCUT2D eigenvalue weighted by Crippen LogP contribution is 2.22. The molecule has 224 valence electrons. The number of carbonyl (C=O) groups excluding carboxylic acids is 4.